The van der Waals surface area contributed by atoms with Crippen LogP contribution in [0.4, 0.5) is 4.79 Å². The normalized spacial score (nSPS) is 11.2. The largest absolute Gasteiger partial charge is 0.455 e. The van der Waals surface area contributed by atoms with Gasteiger partial charge in [-0.2, -0.15) is 0 Å². The maximum absolute atomic E-state index is 12.6. The molecule has 6 nitrogen and oxygen atoms in total. The van der Waals surface area contributed by atoms with Gasteiger partial charge in [-0.05, 0) is 11.1 Å². The second-order valence-electron chi connectivity index (χ2n) is 6.45. The van der Waals surface area contributed by atoms with Gasteiger partial charge in [-0.1, -0.05) is 91.0 Å². The Kier molecular flexibility index (Phi) is 7.33. The molecule has 0 saturated carbocycles. The van der Waals surface area contributed by atoms with Crippen LogP contribution in [0, 0.1) is 0 Å². The summed E-state index contributed by atoms with van der Waals surface area (Å²) < 4.78 is 10.4. The Morgan fingerprint density at radius 1 is 0.733 bits per heavy atom. The minimum atomic E-state index is -1.10. The number of carbonyl (C=O) groups is 3. The zero-order chi connectivity index (χ0) is 21.2. The topological polar surface area (TPSA) is 81.7 Å². The Morgan fingerprint density at radius 2 is 1.30 bits per heavy atom. The molecule has 3 aromatic rings. The number of alkyl carbamates (subject to hydrolysis) is 1. The summed E-state index contributed by atoms with van der Waals surface area (Å²) in [4.78, 5) is 37.1. The van der Waals surface area contributed by atoms with Gasteiger partial charge >= 0.3 is 12.1 Å². The molecule has 1 N–H and O–H groups in total. The number of amides is 1. The van der Waals surface area contributed by atoms with Crippen LogP contribution in [-0.4, -0.2) is 24.5 Å². The Morgan fingerprint density at radius 3 is 1.93 bits per heavy atom. The monoisotopic (exact) mass is 403 g/mol. The fourth-order valence-corrected chi connectivity index (χ4v) is 2.73. The molecular weight excluding hydrogens is 382 g/mol. The van der Waals surface area contributed by atoms with Gasteiger partial charge in [0.2, 0.25) is 0 Å². The molecule has 0 fully saturated rings. The van der Waals surface area contributed by atoms with Gasteiger partial charge in [-0.3, -0.25) is 4.79 Å². The van der Waals surface area contributed by atoms with Crippen molar-refractivity contribution in [2.75, 3.05) is 6.61 Å². The lowest BCUT2D eigenvalue weighted by molar-refractivity contribution is -0.145. The van der Waals surface area contributed by atoms with Gasteiger partial charge in [0.25, 0.3) is 0 Å². The van der Waals surface area contributed by atoms with Crippen molar-refractivity contribution in [3.05, 3.63) is 108 Å². The molecule has 0 aromatic heterocycles. The van der Waals surface area contributed by atoms with E-state index in [1.807, 2.05) is 30.3 Å². The summed E-state index contributed by atoms with van der Waals surface area (Å²) in [6, 6.07) is 25.3. The van der Waals surface area contributed by atoms with Crippen molar-refractivity contribution >= 4 is 17.8 Å². The molecule has 0 bridgehead atoms. The minimum absolute atomic E-state index is 0.0652. The third kappa shape index (κ3) is 6.04. The molecular formula is C24H21NO5. The van der Waals surface area contributed by atoms with Gasteiger partial charge in [0, 0.05) is 5.56 Å². The standard InChI is InChI=1S/C24H21NO5/c26-21(19-12-6-2-7-13-19)17-29-23(27)22(20-14-8-3-9-15-20)25-24(28)30-16-18-10-4-1-5-11-18/h1-15,22H,16-17H2,(H,25,28)/t22-/m0/s1. The summed E-state index contributed by atoms with van der Waals surface area (Å²) >= 11 is 0. The molecule has 0 heterocycles. The number of ether oxygens (including phenoxy) is 2. The van der Waals surface area contributed by atoms with Crippen molar-refractivity contribution in [3.63, 3.8) is 0 Å². The van der Waals surface area contributed by atoms with E-state index in [-0.39, 0.29) is 12.4 Å². The van der Waals surface area contributed by atoms with Crippen LogP contribution in [0.3, 0.4) is 0 Å². The highest BCUT2D eigenvalue weighted by atomic mass is 16.6. The van der Waals surface area contributed by atoms with Crippen LogP contribution in [0.2, 0.25) is 0 Å². The van der Waals surface area contributed by atoms with Crippen molar-refractivity contribution in [1.82, 2.24) is 5.32 Å². The molecule has 0 aliphatic heterocycles. The number of benzene rings is 3. The molecule has 30 heavy (non-hydrogen) atoms. The van der Waals surface area contributed by atoms with Gasteiger partial charge in [0.15, 0.2) is 18.4 Å². The van der Waals surface area contributed by atoms with Crippen LogP contribution in [0.5, 0.6) is 0 Å². The van der Waals surface area contributed by atoms with Gasteiger partial charge in [-0.25, -0.2) is 9.59 Å². The number of hydrogen-bond donors (Lipinski definition) is 1. The van der Waals surface area contributed by atoms with Crippen LogP contribution >= 0.6 is 0 Å². The van der Waals surface area contributed by atoms with E-state index in [0.29, 0.717) is 11.1 Å². The van der Waals surface area contributed by atoms with Crippen molar-refractivity contribution in [3.8, 4) is 0 Å². The Labute approximate surface area is 174 Å². The van der Waals surface area contributed by atoms with E-state index < -0.39 is 24.7 Å². The zero-order valence-corrected chi connectivity index (χ0v) is 16.2. The predicted octanol–water partition coefficient (Wildman–Crippen LogP) is 4.08. The second-order valence-corrected chi connectivity index (χ2v) is 6.45. The summed E-state index contributed by atoms with van der Waals surface area (Å²) in [5, 5.41) is 2.52. The Balaban J connectivity index is 1.62. The van der Waals surface area contributed by atoms with Gasteiger partial charge in [-0.15, -0.1) is 0 Å². The highest BCUT2D eigenvalue weighted by molar-refractivity contribution is 5.98. The molecule has 0 spiro atoms. The summed E-state index contributed by atoms with van der Waals surface area (Å²) in [5.41, 5.74) is 1.78. The highest BCUT2D eigenvalue weighted by Crippen LogP contribution is 2.15. The number of esters is 1. The van der Waals surface area contributed by atoms with Crippen LogP contribution in [0.15, 0.2) is 91.0 Å². The van der Waals surface area contributed by atoms with E-state index in [9.17, 15) is 14.4 Å². The molecule has 0 radical (unpaired) electrons. The molecule has 0 aliphatic rings. The lowest BCUT2D eigenvalue weighted by Crippen LogP contribution is -2.36. The number of nitrogens with one attached hydrogen (secondary N) is 1. The highest BCUT2D eigenvalue weighted by Gasteiger charge is 2.25. The first-order chi connectivity index (χ1) is 14.6. The molecule has 0 saturated heterocycles. The van der Waals surface area contributed by atoms with E-state index in [1.165, 1.54) is 0 Å². The summed E-state index contributed by atoms with van der Waals surface area (Å²) in [5.74, 6) is -1.08. The summed E-state index contributed by atoms with van der Waals surface area (Å²) in [6.07, 6.45) is -0.765. The van der Waals surface area contributed by atoms with Crippen LogP contribution in [-0.2, 0) is 20.9 Å². The van der Waals surface area contributed by atoms with Crippen LogP contribution in [0.25, 0.3) is 0 Å². The third-order valence-corrected chi connectivity index (χ3v) is 4.28. The first kappa shape index (κ1) is 20.8. The number of ketones is 1. The number of Topliss-reactive ketones (excluding diaryl/α,β-unsaturated/α-hetero) is 1. The number of rotatable bonds is 8. The second kappa shape index (κ2) is 10.6. The van der Waals surface area contributed by atoms with Gasteiger partial charge < -0.3 is 14.8 Å². The van der Waals surface area contributed by atoms with Crippen molar-refractivity contribution in [1.29, 1.82) is 0 Å². The van der Waals surface area contributed by atoms with E-state index in [0.717, 1.165) is 5.56 Å². The summed E-state index contributed by atoms with van der Waals surface area (Å²) in [6.45, 7) is -0.358. The lowest BCUT2D eigenvalue weighted by Gasteiger charge is -2.18. The molecule has 0 unspecified atom stereocenters. The van der Waals surface area contributed by atoms with Gasteiger partial charge in [0.05, 0.1) is 0 Å². The molecule has 3 rings (SSSR count). The van der Waals surface area contributed by atoms with Crippen molar-refractivity contribution < 1.29 is 23.9 Å². The quantitative estimate of drug-likeness (QED) is 0.453. The number of hydrogen-bond acceptors (Lipinski definition) is 5. The van der Waals surface area contributed by atoms with Crippen molar-refractivity contribution in [2.24, 2.45) is 0 Å². The first-order valence-electron chi connectivity index (χ1n) is 9.40. The van der Waals surface area contributed by atoms with Crippen LogP contribution < -0.4 is 5.32 Å². The first-order valence-corrected chi connectivity index (χ1v) is 9.40. The molecule has 152 valence electrons. The predicted molar refractivity (Wildman–Crippen MR) is 111 cm³/mol. The zero-order valence-electron chi connectivity index (χ0n) is 16.2. The average molecular weight is 403 g/mol. The Bertz CT molecular complexity index is 974. The third-order valence-electron chi connectivity index (χ3n) is 4.28. The van der Waals surface area contributed by atoms with E-state index >= 15 is 0 Å². The number of carbonyl (C=O) groups excluding carboxylic acids is 3. The van der Waals surface area contributed by atoms with E-state index in [1.54, 1.807) is 60.7 Å². The molecule has 6 heteroatoms. The van der Waals surface area contributed by atoms with Crippen LogP contribution in [0.1, 0.15) is 27.5 Å². The molecule has 0 aliphatic carbocycles. The summed E-state index contributed by atoms with van der Waals surface area (Å²) in [7, 11) is 0. The van der Waals surface area contributed by atoms with Crippen molar-refractivity contribution in [2.45, 2.75) is 12.6 Å². The smallest absolute Gasteiger partial charge is 0.408 e. The maximum Gasteiger partial charge on any atom is 0.408 e. The average Bonchev–Trinajstić information content (AvgIpc) is 2.81. The Hall–Kier alpha value is -3.93. The fraction of sp³-hybridized carbons (Fsp3) is 0.125. The maximum atomic E-state index is 12.6. The fourth-order valence-electron chi connectivity index (χ4n) is 2.73. The minimum Gasteiger partial charge on any atom is -0.455 e. The molecule has 1 amide bonds. The van der Waals surface area contributed by atoms with Gasteiger partial charge in [0.1, 0.15) is 6.61 Å². The molecule has 3 aromatic carbocycles. The lowest BCUT2D eigenvalue weighted by atomic mass is 10.1. The van der Waals surface area contributed by atoms with E-state index in [4.69, 9.17) is 9.47 Å². The SMILES string of the molecule is O=C(N[C@H](C(=O)OCC(=O)c1ccccc1)c1ccccc1)OCc1ccccc1. The van der Waals surface area contributed by atoms with E-state index in [2.05, 4.69) is 5.32 Å². The molecule has 1 atom stereocenters.